The Hall–Kier alpha value is -3.59. The molecule has 0 aliphatic heterocycles. The number of Topliss-reactive ketones (excluding diaryl/α,β-unsaturated/α-hetero) is 1. The predicted molar refractivity (Wildman–Crippen MR) is 147 cm³/mol. The van der Waals surface area contributed by atoms with Gasteiger partial charge in [-0.25, -0.2) is 4.79 Å². The van der Waals surface area contributed by atoms with E-state index in [2.05, 4.69) is 21.3 Å². The van der Waals surface area contributed by atoms with Crippen LogP contribution in [0.25, 0.3) is 0 Å². The number of halogens is 1. The second-order valence-corrected chi connectivity index (χ2v) is 10.0. The van der Waals surface area contributed by atoms with Crippen molar-refractivity contribution >= 4 is 35.2 Å². The lowest BCUT2D eigenvalue weighted by Gasteiger charge is -2.30. The summed E-state index contributed by atoms with van der Waals surface area (Å²) in [6.45, 7) is 7.35. The lowest BCUT2D eigenvalue weighted by atomic mass is 9.91. The summed E-state index contributed by atoms with van der Waals surface area (Å²) in [5.41, 5.74) is 0.0426. The highest BCUT2D eigenvalue weighted by atomic mass is 35.5. The molecule has 0 bridgehead atoms. The summed E-state index contributed by atoms with van der Waals surface area (Å²) in [6.07, 6.45) is 0.513. The normalized spacial score (nSPS) is 13.1. The van der Waals surface area contributed by atoms with Crippen LogP contribution >= 0.6 is 11.6 Å². The molecule has 10 heteroatoms. The molecule has 2 atom stereocenters. The second-order valence-electron chi connectivity index (χ2n) is 9.61. The number of urea groups is 1. The first-order chi connectivity index (χ1) is 18.0. The van der Waals surface area contributed by atoms with Crippen LogP contribution in [0.2, 0.25) is 5.02 Å². The number of carbonyl (C=O) groups is 4. The summed E-state index contributed by atoms with van der Waals surface area (Å²) < 4.78 is 5.28. The molecule has 0 heterocycles. The molecule has 0 aliphatic rings. The lowest BCUT2D eigenvalue weighted by molar-refractivity contribution is -0.143. The number of ketones is 1. The number of amides is 4. The van der Waals surface area contributed by atoms with Crippen LogP contribution in [0.3, 0.4) is 0 Å². The zero-order valence-electron chi connectivity index (χ0n) is 22.5. The molecule has 4 amide bonds. The third-order valence-corrected chi connectivity index (χ3v) is 6.43. The Balaban J connectivity index is 2.05. The van der Waals surface area contributed by atoms with Crippen LogP contribution in [0, 0.1) is 5.92 Å². The molecule has 9 nitrogen and oxygen atoms in total. The number of benzene rings is 2. The van der Waals surface area contributed by atoms with Gasteiger partial charge in [-0.05, 0) is 37.3 Å². The number of hydrogen-bond donors (Lipinski definition) is 4. The van der Waals surface area contributed by atoms with Crippen molar-refractivity contribution in [3.8, 4) is 5.75 Å². The minimum Gasteiger partial charge on any atom is -0.495 e. The summed E-state index contributed by atoms with van der Waals surface area (Å²) in [7, 11) is 1.46. The standard InChI is InChI=1S/C28H37ClN4O5/c1-6-28(4,24(34)26(36)30-17-20-13-10-14-21(29)23(20)38-5)33-25(35)22(15-18(2)3)32-27(37)31-16-19-11-8-7-9-12-19/h7-14,18,22H,6,15-17H2,1-5H3,(H,30,36)(H,33,35)(H2,31,32,37)/t22-,28+/m0/s1. The third-order valence-electron chi connectivity index (χ3n) is 6.13. The number of carbonyl (C=O) groups excluding carboxylic acids is 4. The van der Waals surface area contributed by atoms with Crippen molar-refractivity contribution < 1.29 is 23.9 Å². The van der Waals surface area contributed by atoms with Gasteiger partial charge in [0.05, 0.1) is 12.1 Å². The molecule has 0 saturated carbocycles. The van der Waals surface area contributed by atoms with Crippen molar-refractivity contribution in [3.63, 3.8) is 0 Å². The molecular formula is C28H37ClN4O5. The van der Waals surface area contributed by atoms with E-state index in [4.69, 9.17) is 16.3 Å². The summed E-state index contributed by atoms with van der Waals surface area (Å²) in [5.74, 6) is -1.71. The molecule has 0 fully saturated rings. The van der Waals surface area contributed by atoms with Crippen LogP contribution in [0.1, 0.15) is 51.7 Å². The lowest BCUT2D eigenvalue weighted by Crippen LogP contribution is -2.61. The van der Waals surface area contributed by atoms with Crippen LogP contribution in [-0.2, 0) is 27.5 Å². The van der Waals surface area contributed by atoms with E-state index in [-0.39, 0.29) is 18.9 Å². The van der Waals surface area contributed by atoms with Gasteiger partial charge in [-0.3, -0.25) is 14.4 Å². The third kappa shape index (κ3) is 8.76. The van der Waals surface area contributed by atoms with Gasteiger partial charge in [0.25, 0.3) is 5.91 Å². The van der Waals surface area contributed by atoms with E-state index in [0.29, 0.717) is 29.3 Å². The van der Waals surface area contributed by atoms with Crippen molar-refractivity contribution in [3.05, 3.63) is 64.7 Å². The monoisotopic (exact) mass is 544 g/mol. The molecule has 38 heavy (non-hydrogen) atoms. The average molecular weight is 545 g/mol. The number of methoxy groups -OCH3 is 1. The smallest absolute Gasteiger partial charge is 0.315 e. The van der Waals surface area contributed by atoms with E-state index in [1.807, 2.05) is 44.2 Å². The summed E-state index contributed by atoms with van der Waals surface area (Å²) in [6, 6.07) is 13.1. The summed E-state index contributed by atoms with van der Waals surface area (Å²) in [4.78, 5) is 51.6. The maximum Gasteiger partial charge on any atom is 0.315 e. The summed E-state index contributed by atoms with van der Waals surface area (Å²) in [5, 5.41) is 11.1. The van der Waals surface area contributed by atoms with Gasteiger partial charge >= 0.3 is 6.03 Å². The van der Waals surface area contributed by atoms with Gasteiger partial charge in [-0.1, -0.05) is 74.8 Å². The Labute approximate surface area is 229 Å². The average Bonchev–Trinajstić information content (AvgIpc) is 2.89. The van der Waals surface area contributed by atoms with Crippen LogP contribution in [0.4, 0.5) is 4.79 Å². The number of para-hydroxylation sites is 1. The maximum absolute atomic E-state index is 13.2. The SMILES string of the molecule is CC[C@@](C)(NC(=O)[C@H](CC(C)C)NC(=O)NCc1ccccc1)C(=O)C(=O)NCc1cccc(Cl)c1OC. The Morgan fingerprint density at radius 1 is 0.974 bits per heavy atom. The minimum absolute atomic E-state index is 0.0150. The van der Waals surface area contributed by atoms with Gasteiger partial charge < -0.3 is 26.0 Å². The molecule has 0 saturated heterocycles. The minimum atomic E-state index is -1.48. The quantitative estimate of drug-likeness (QED) is 0.286. The highest BCUT2D eigenvalue weighted by molar-refractivity contribution is 6.39. The Kier molecular flexibility index (Phi) is 11.6. The predicted octanol–water partition coefficient (Wildman–Crippen LogP) is 3.73. The van der Waals surface area contributed by atoms with Crippen LogP contribution in [0.5, 0.6) is 5.75 Å². The van der Waals surface area contributed by atoms with E-state index < -0.39 is 35.2 Å². The van der Waals surface area contributed by atoms with Crippen molar-refractivity contribution in [1.29, 1.82) is 0 Å². The zero-order valence-corrected chi connectivity index (χ0v) is 23.3. The van der Waals surface area contributed by atoms with Crippen LogP contribution < -0.4 is 26.0 Å². The highest BCUT2D eigenvalue weighted by Crippen LogP contribution is 2.28. The van der Waals surface area contributed by atoms with Crippen molar-refractivity contribution in [2.45, 2.75) is 65.2 Å². The first-order valence-corrected chi connectivity index (χ1v) is 12.9. The molecule has 2 aromatic carbocycles. The zero-order chi connectivity index (χ0) is 28.3. The van der Waals surface area contributed by atoms with E-state index in [1.54, 1.807) is 25.1 Å². The van der Waals surface area contributed by atoms with Crippen LogP contribution in [0.15, 0.2) is 48.5 Å². The van der Waals surface area contributed by atoms with E-state index >= 15 is 0 Å². The second kappa shape index (κ2) is 14.4. The van der Waals surface area contributed by atoms with Gasteiger partial charge in [0.15, 0.2) is 0 Å². The largest absolute Gasteiger partial charge is 0.495 e. The fourth-order valence-corrected chi connectivity index (χ4v) is 4.05. The molecule has 4 N–H and O–H groups in total. The van der Waals surface area contributed by atoms with E-state index in [1.165, 1.54) is 14.0 Å². The number of ether oxygens (including phenoxy) is 1. The fourth-order valence-electron chi connectivity index (χ4n) is 3.78. The van der Waals surface area contributed by atoms with E-state index in [9.17, 15) is 19.2 Å². The van der Waals surface area contributed by atoms with Crippen molar-refractivity contribution in [2.24, 2.45) is 5.92 Å². The highest BCUT2D eigenvalue weighted by Gasteiger charge is 2.39. The van der Waals surface area contributed by atoms with E-state index in [0.717, 1.165) is 5.56 Å². The fraction of sp³-hybridized carbons (Fsp3) is 0.429. The molecule has 206 valence electrons. The van der Waals surface area contributed by atoms with Gasteiger partial charge in [0.1, 0.15) is 17.3 Å². The van der Waals surface area contributed by atoms with Gasteiger partial charge in [0, 0.05) is 18.7 Å². The molecular weight excluding hydrogens is 508 g/mol. The number of hydrogen-bond acceptors (Lipinski definition) is 5. The first kappa shape index (κ1) is 30.6. The number of nitrogens with one attached hydrogen (secondary N) is 4. The van der Waals surface area contributed by atoms with Crippen molar-refractivity contribution in [2.75, 3.05) is 7.11 Å². The van der Waals surface area contributed by atoms with Crippen molar-refractivity contribution in [1.82, 2.24) is 21.3 Å². The molecule has 0 radical (unpaired) electrons. The summed E-state index contributed by atoms with van der Waals surface area (Å²) >= 11 is 6.13. The molecule has 2 rings (SSSR count). The maximum atomic E-state index is 13.2. The Morgan fingerprint density at radius 3 is 2.26 bits per heavy atom. The molecule has 0 spiro atoms. The van der Waals surface area contributed by atoms with Crippen LogP contribution in [-0.4, -0.2) is 42.3 Å². The molecule has 0 aromatic heterocycles. The molecule has 0 aliphatic carbocycles. The molecule has 2 aromatic rings. The van der Waals surface area contributed by atoms with Gasteiger partial charge in [-0.15, -0.1) is 0 Å². The van der Waals surface area contributed by atoms with Gasteiger partial charge in [0.2, 0.25) is 11.7 Å². The molecule has 0 unspecified atom stereocenters. The Bertz CT molecular complexity index is 1130. The Morgan fingerprint density at radius 2 is 1.66 bits per heavy atom. The number of rotatable bonds is 13. The van der Waals surface area contributed by atoms with Gasteiger partial charge in [-0.2, -0.15) is 0 Å². The first-order valence-electron chi connectivity index (χ1n) is 12.5. The topological polar surface area (TPSA) is 126 Å².